The molecule has 24 heavy (non-hydrogen) atoms. The summed E-state index contributed by atoms with van der Waals surface area (Å²) in [5.41, 5.74) is 0.690. The summed E-state index contributed by atoms with van der Waals surface area (Å²) >= 11 is 0. The summed E-state index contributed by atoms with van der Waals surface area (Å²) in [4.78, 5) is 13.1. The Balaban J connectivity index is 1.53. The zero-order valence-electron chi connectivity index (χ0n) is 13.6. The SMILES string of the molecule is Fc1cccc(N2CCO[C@@]3(CCCN(c4cnccn4)C3)C2)c1. The Morgan fingerprint density at radius 2 is 2.04 bits per heavy atom. The van der Waals surface area contributed by atoms with Gasteiger partial charge in [-0.3, -0.25) is 4.98 Å². The smallest absolute Gasteiger partial charge is 0.147 e. The number of rotatable bonds is 2. The molecule has 0 unspecified atom stereocenters. The van der Waals surface area contributed by atoms with Crippen LogP contribution in [0.3, 0.4) is 0 Å². The minimum atomic E-state index is -0.236. The van der Waals surface area contributed by atoms with Crippen LogP contribution in [0, 0.1) is 5.82 Å². The minimum Gasteiger partial charge on any atom is -0.369 e. The van der Waals surface area contributed by atoms with Crippen LogP contribution in [0.4, 0.5) is 15.9 Å². The van der Waals surface area contributed by atoms with Gasteiger partial charge in [-0.2, -0.15) is 0 Å². The van der Waals surface area contributed by atoms with Gasteiger partial charge in [-0.1, -0.05) is 6.07 Å². The van der Waals surface area contributed by atoms with Crippen LogP contribution in [0.1, 0.15) is 12.8 Å². The summed E-state index contributed by atoms with van der Waals surface area (Å²) in [6.45, 7) is 3.97. The van der Waals surface area contributed by atoms with E-state index in [1.165, 1.54) is 6.07 Å². The van der Waals surface area contributed by atoms with Crippen molar-refractivity contribution in [2.75, 3.05) is 42.6 Å². The van der Waals surface area contributed by atoms with E-state index in [-0.39, 0.29) is 11.4 Å². The van der Waals surface area contributed by atoms with Gasteiger partial charge in [-0.15, -0.1) is 0 Å². The summed E-state index contributed by atoms with van der Waals surface area (Å²) < 4.78 is 19.8. The molecule has 0 amide bonds. The van der Waals surface area contributed by atoms with Crippen LogP contribution in [0.2, 0.25) is 0 Å². The van der Waals surface area contributed by atoms with Gasteiger partial charge in [0.2, 0.25) is 0 Å². The fourth-order valence-electron chi connectivity index (χ4n) is 3.73. The number of nitrogens with zero attached hydrogens (tertiary/aromatic N) is 4. The van der Waals surface area contributed by atoms with E-state index in [0.717, 1.165) is 50.5 Å². The summed E-state index contributed by atoms with van der Waals surface area (Å²) in [5.74, 6) is 0.695. The van der Waals surface area contributed by atoms with E-state index in [2.05, 4.69) is 19.8 Å². The van der Waals surface area contributed by atoms with E-state index in [4.69, 9.17) is 4.74 Å². The molecular weight excluding hydrogens is 307 g/mol. The summed E-state index contributed by atoms with van der Waals surface area (Å²) in [7, 11) is 0. The first-order chi connectivity index (χ1) is 11.7. The first-order valence-electron chi connectivity index (χ1n) is 8.40. The molecule has 2 aromatic rings. The third-order valence-electron chi connectivity index (χ3n) is 4.83. The number of ether oxygens (including phenoxy) is 1. The second-order valence-electron chi connectivity index (χ2n) is 6.52. The average Bonchev–Trinajstić information content (AvgIpc) is 2.63. The van der Waals surface area contributed by atoms with Crippen LogP contribution in [0.5, 0.6) is 0 Å². The average molecular weight is 328 g/mol. The van der Waals surface area contributed by atoms with Crippen molar-refractivity contribution in [3.63, 3.8) is 0 Å². The number of morpholine rings is 1. The van der Waals surface area contributed by atoms with Crippen molar-refractivity contribution in [1.29, 1.82) is 0 Å². The highest BCUT2D eigenvalue weighted by molar-refractivity contribution is 5.48. The molecule has 126 valence electrons. The highest BCUT2D eigenvalue weighted by Crippen LogP contribution is 2.32. The van der Waals surface area contributed by atoms with Crippen molar-refractivity contribution in [2.24, 2.45) is 0 Å². The van der Waals surface area contributed by atoms with Crippen molar-refractivity contribution >= 4 is 11.5 Å². The third-order valence-corrected chi connectivity index (χ3v) is 4.83. The molecule has 2 saturated heterocycles. The van der Waals surface area contributed by atoms with E-state index in [0.29, 0.717) is 6.61 Å². The lowest BCUT2D eigenvalue weighted by atomic mass is 9.90. The van der Waals surface area contributed by atoms with Gasteiger partial charge in [0.05, 0.1) is 19.3 Å². The summed E-state index contributed by atoms with van der Waals surface area (Å²) in [6, 6.07) is 6.81. The molecule has 0 saturated carbocycles. The van der Waals surface area contributed by atoms with E-state index < -0.39 is 0 Å². The molecule has 1 aromatic carbocycles. The molecule has 1 atom stereocenters. The van der Waals surface area contributed by atoms with Gasteiger partial charge in [0, 0.05) is 37.7 Å². The molecule has 4 rings (SSSR count). The maximum atomic E-state index is 13.6. The molecule has 2 aliphatic heterocycles. The maximum absolute atomic E-state index is 13.6. The lowest BCUT2D eigenvalue weighted by Crippen LogP contribution is -2.60. The lowest BCUT2D eigenvalue weighted by molar-refractivity contribution is -0.0630. The molecule has 3 heterocycles. The molecule has 5 nitrogen and oxygen atoms in total. The van der Waals surface area contributed by atoms with Crippen LogP contribution in [-0.2, 0) is 4.74 Å². The van der Waals surface area contributed by atoms with E-state index >= 15 is 0 Å². The maximum Gasteiger partial charge on any atom is 0.147 e. The monoisotopic (exact) mass is 328 g/mol. The normalized spacial score (nSPS) is 24.4. The van der Waals surface area contributed by atoms with Crippen LogP contribution in [-0.4, -0.2) is 48.4 Å². The Morgan fingerprint density at radius 3 is 2.88 bits per heavy atom. The van der Waals surface area contributed by atoms with Crippen molar-refractivity contribution in [3.8, 4) is 0 Å². The number of anilines is 2. The largest absolute Gasteiger partial charge is 0.369 e. The van der Waals surface area contributed by atoms with E-state index in [1.54, 1.807) is 30.7 Å². The number of benzene rings is 1. The lowest BCUT2D eigenvalue weighted by Gasteiger charge is -2.48. The van der Waals surface area contributed by atoms with Crippen molar-refractivity contribution in [2.45, 2.75) is 18.4 Å². The van der Waals surface area contributed by atoms with Gasteiger partial charge < -0.3 is 14.5 Å². The van der Waals surface area contributed by atoms with Crippen LogP contribution < -0.4 is 9.80 Å². The van der Waals surface area contributed by atoms with Crippen LogP contribution >= 0.6 is 0 Å². The topological polar surface area (TPSA) is 41.5 Å². The highest BCUT2D eigenvalue weighted by Gasteiger charge is 2.41. The fourth-order valence-corrected chi connectivity index (χ4v) is 3.73. The van der Waals surface area contributed by atoms with Gasteiger partial charge >= 0.3 is 0 Å². The molecule has 1 spiro atoms. The Hall–Kier alpha value is -2.21. The molecule has 0 radical (unpaired) electrons. The predicted octanol–water partition coefficient (Wildman–Crippen LogP) is 2.49. The molecule has 1 aromatic heterocycles. The number of aromatic nitrogens is 2. The number of piperidine rings is 1. The van der Waals surface area contributed by atoms with E-state index in [1.807, 2.05) is 6.07 Å². The van der Waals surface area contributed by atoms with E-state index in [9.17, 15) is 4.39 Å². The molecule has 0 aliphatic carbocycles. The molecular formula is C18H21FN4O. The molecule has 2 aliphatic rings. The summed E-state index contributed by atoms with van der Waals surface area (Å²) in [5, 5.41) is 0. The molecule has 0 bridgehead atoms. The van der Waals surface area contributed by atoms with Gasteiger partial charge in [-0.25, -0.2) is 9.37 Å². The second kappa shape index (κ2) is 6.36. The standard InChI is InChI=1S/C18H21FN4O/c19-15-3-1-4-16(11-15)22-9-10-24-18(13-22)5-2-8-23(14-18)17-12-20-6-7-21-17/h1,3-4,6-7,11-12H,2,5,8-10,13-14H2/t18-/m0/s1. The zero-order valence-corrected chi connectivity index (χ0v) is 13.6. The first kappa shape index (κ1) is 15.3. The second-order valence-corrected chi connectivity index (χ2v) is 6.52. The first-order valence-corrected chi connectivity index (χ1v) is 8.40. The minimum absolute atomic E-state index is 0.196. The number of halogens is 1. The zero-order chi connectivity index (χ0) is 16.4. The third kappa shape index (κ3) is 3.06. The highest BCUT2D eigenvalue weighted by atomic mass is 19.1. The van der Waals surface area contributed by atoms with Crippen LogP contribution in [0.25, 0.3) is 0 Å². The molecule has 0 N–H and O–H groups in total. The summed E-state index contributed by atoms with van der Waals surface area (Å²) in [6.07, 6.45) is 7.26. The molecule has 6 heteroatoms. The predicted molar refractivity (Wildman–Crippen MR) is 90.8 cm³/mol. The van der Waals surface area contributed by atoms with Gasteiger partial charge in [0.1, 0.15) is 17.2 Å². The number of hydrogen-bond donors (Lipinski definition) is 0. The quantitative estimate of drug-likeness (QED) is 0.847. The Kier molecular flexibility index (Phi) is 4.06. The Bertz CT molecular complexity index is 694. The van der Waals surface area contributed by atoms with Crippen LogP contribution in [0.15, 0.2) is 42.9 Å². The van der Waals surface area contributed by atoms with Crippen molar-refractivity contribution in [1.82, 2.24) is 9.97 Å². The molecule has 2 fully saturated rings. The fraction of sp³-hybridized carbons (Fsp3) is 0.444. The Morgan fingerprint density at radius 1 is 1.12 bits per heavy atom. The number of hydrogen-bond acceptors (Lipinski definition) is 5. The van der Waals surface area contributed by atoms with Crippen molar-refractivity contribution < 1.29 is 9.13 Å². The van der Waals surface area contributed by atoms with Gasteiger partial charge in [0.15, 0.2) is 0 Å². The van der Waals surface area contributed by atoms with Crippen molar-refractivity contribution in [3.05, 3.63) is 48.7 Å². The van der Waals surface area contributed by atoms with Gasteiger partial charge in [-0.05, 0) is 31.0 Å². The Labute approximate surface area is 141 Å². The van der Waals surface area contributed by atoms with Gasteiger partial charge in [0.25, 0.3) is 0 Å².